The second-order valence-corrected chi connectivity index (χ2v) is 8.33. The number of aromatic nitrogens is 4. The lowest BCUT2D eigenvalue weighted by molar-refractivity contribution is -0.274. The fourth-order valence-corrected chi connectivity index (χ4v) is 3.79. The molecule has 38 heavy (non-hydrogen) atoms. The van der Waals surface area contributed by atoms with Gasteiger partial charge in [0.15, 0.2) is 11.5 Å². The maximum absolute atomic E-state index is 14.4. The summed E-state index contributed by atoms with van der Waals surface area (Å²) >= 11 is 0. The summed E-state index contributed by atoms with van der Waals surface area (Å²) in [5.41, 5.74) is 1.94. The number of ether oxygens (including phenoxy) is 1. The summed E-state index contributed by atoms with van der Waals surface area (Å²) in [6, 6.07) is 6.53. The molecule has 9 nitrogen and oxygen atoms in total. The summed E-state index contributed by atoms with van der Waals surface area (Å²) in [4.78, 5) is 33.1. The number of carbonyl (C=O) groups is 2. The van der Waals surface area contributed by atoms with Crippen molar-refractivity contribution < 1.29 is 31.9 Å². The Kier molecular flexibility index (Phi) is 7.28. The van der Waals surface area contributed by atoms with Gasteiger partial charge >= 0.3 is 6.36 Å². The third-order valence-corrected chi connectivity index (χ3v) is 5.48. The molecule has 2 N–H and O–H groups in total. The lowest BCUT2D eigenvalue weighted by atomic mass is 10.0. The number of hydrogen-bond donors (Lipinski definition) is 2. The first-order chi connectivity index (χ1) is 17.9. The van der Waals surface area contributed by atoms with Crippen molar-refractivity contribution >= 4 is 23.3 Å². The highest BCUT2D eigenvalue weighted by molar-refractivity contribution is 5.96. The predicted octanol–water partition coefficient (Wildman–Crippen LogP) is 4.84. The summed E-state index contributed by atoms with van der Waals surface area (Å²) in [5, 5.41) is 9.66. The molecule has 3 aromatic heterocycles. The molecule has 2 amide bonds. The van der Waals surface area contributed by atoms with E-state index in [4.69, 9.17) is 0 Å². The molecule has 4 aromatic rings. The smallest absolute Gasteiger partial charge is 0.406 e. The highest BCUT2D eigenvalue weighted by Gasteiger charge is 2.31. The van der Waals surface area contributed by atoms with Gasteiger partial charge in [-0.15, -0.1) is 13.2 Å². The number of rotatable bonds is 7. The zero-order valence-electron chi connectivity index (χ0n) is 20.4. The van der Waals surface area contributed by atoms with Crippen LogP contribution in [-0.2, 0) is 11.2 Å². The molecule has 13 heteroatoms. The molecule has 0 aliphatic carbocycles. The van der Waals surface area contributed by atoms with Crippen LogP contribution in [0.25, 0.3) is 16.9 Å². The average Bonchev–Trinajstić information content (AvgIpc) is 3.24. The molecule has 0 spiro atoms. The van der Waals surface area contributed by atoms with Crippen LogP contribution in [-0.4, -0.2) is 37.8 Å². The molecule has 0 fully saturated rings. The van der Waals surface area contributed by atoms with E-state index >= 15 is 0 Å². The lowest BCUT2D eigenvalue weighted by Crippen LogP contribution is -2.28. The zero-order chi connectivity index (χ0) is 27.6. The minimum atomic E-state index is -4.94. The van der Waals surface area contributed by atoms with Crippen molar-refractivity contribution in [1.82, 2.24) is 24.9 Å². The van der Waals surface area contributed by atoms with Crippen molar-refractivity contribution in [2.45, 2.75) is 39.6 Å². The number of fused-ring (bicyclic) bond motifs is 1. The molecule has 0 bridgehead atoms. The number of nitrogens with one attached hydrogen (secondary N) is 2. The number of nitrogens with zero attached hydrogens (tertiary/aromatic N) is 4. The van der Waals surface area contributed by atoms with Crippen LogP contribution in [0.4, 0.5) is 23.4 Å². The minimum Gasteiger partial charge on any atom is -0.406 e. The van der Waals surface area contributed by atoms with Crippen molar-refractivity contribution in [1.29, 1.82) is 0 Å². The Morgan fingerprint density at radius 3 is 2.61 bits per heavy atom. The van der Waals surface area contributed by atoms with Gasteiger partial charge in [-0.2, -0.15) is 5.10 Å². The van der Waals surface area contributed by atoms with Crippen LogP contribution in [0.1, 0.15) is 48.4 Å². The second kappa shape index (κ2) is 10.4. The van der Waals surface area contributed by atoms with Gasteiger partial charge in [0, 0.05) is 24.2 Å². The van der Waals surface area contributed by atoms with E-state index in [0.717, 1.165) is 18.2 Å². The summed E-state index contributed by atoms with van der Waals surface area (Å²) in [6.07, 6.45) is -1.44. The Bertz CT molecular complexity index is 1520. The Morgan fingerprint density at radius 2 is 1.92 bits per heavy atom. The number of imidazole rings is 1. The zero-order valence-corrected chi connectivity index (χ0v) is 20.4. The second-order valence-electron chi connectivity index (χ2n) is 8.33. The van der Waals surface area contributed by atoms with E-state index in [0.29, 0.717) is 34.8 Å². The van der Waals surface area contributed by atoms with E-state index < -0.39 is 29.9 Å². The first-order valence-electron chi connectivity index (χ1n) is 11.4. The summed E-state index contributed by atoms with van der Waals surface area (Å²) < 4.78 is 57.5. The van der Waals surface area contributed by atoms with E-state index in [9.17, 15) is 27.2 Å². The lowest BCUT2D eigenvalue weighted by Gasteiger charge is -2.18. The van der Waals surface area contributed by atoms with Crippen LogP contribution >= 0.6 is 0 Å². The Morgan fingerprint density at radius 1 is 1.16 bits per heavy atom. The van der Waals surface area contributed by atoms with Gasteiger partial charge in [0.1, 0.15) is 11.6 Å². The Labute approximate surface area is 213 Å². The number of carbonyl (C=O) groups excluding carboxylic acids is 2. The van der Waals surface area contributed by atoms with E-state index in [2.05, 4.69) is 30.4 Å². The van der Waals surface area contributed by atoms with Crippen molar-refractivity contribution in [2.75, 3.05) is 5.32 Å². The highest BCUT2D eigenvalue weighted by Crippen LogP contribution is 2.28. The predicted molar refractivity (Wildman–Crippen MR) is 129 cm³/mol. The average molecular weight is 530 g/mol. The van der Waals surface area contributed by atoms with Crippen LogP contribution < -0.4 is 15.4 Å². The maximum Gasteiger partial charge on any atom is 0.573 e. The fraction of sp³-hybridized carbons (Fsp3) is 0.240. The van der Waals surface area contributed by atoms with Gasteiger partial charge in [0.05, 0.1) is 29.2 Å². The van der Waals surface area contributed by atoms with Crippen molar-refractivity contribution in [2.24, 2.45) is 0 Å². The number of anilines is 1. The number of amides is 2. The molecule has 3 heterocycles. The Balaban J connectivity index is 1.61. The molecule has 1 atom stereocenters. The van der Waals surface area contributed by atoms with Crippen molar-refractivity contribution in [3.8, 4) is 17.0 Å². The van der Waals surface area contributed by atoms with Gasteiger partial charge in [-0.25, -0.2) is 13.9 Å². The first-order valence-corrected chi connectivity index (χ1v) is 11.4. The van der Waals surface area contributed by atoms with E-state index in [1.165, 1.54) is 24.6 Å². The number of hydrogen-bond acceptors (Lipinski definition) is 6. The monoisotopic (exact) mass is 530 g/mol. The van der Waals surface area contributed by atoms with E-state index in [1.807, 2.05) is 0 Å². The van der Waals surface area contributed by atoms with Gasteiger partial charge in [0.25, 0.3) is 5.91 Å². The minimum absolute atomic E-state index is 0.176. The van der Waals surface area contributed by atoms with Crippen LogP contribution in [0.3, 0.4) is 0 Å². The van der Waals surface area contributed by atoms with Crippen LogP contribution in [0.5, 0.6) is 5.75 Å². The van der Waals surface area contributed by atoms with Gasteiger partial charge < -0.3 is 15.4 Å². The summed E-state index contributed by atoms with van der Waals surface area (Å²) in [6.45, 7) is 4.61. The molecule has 0 aliphatic heterocycles. The van der Waals surface area contributed by atoms with Gasteiger partial charge in [-0.1, -0.05) is 6.92 Å². The number of halogens is 4. The number of benzene rings is 1. The topological polar surface area (TPSA) is 111 Å². The van der Waals surface area contributed by atoms with Crippen LogP contribution in [0.2, 0.25) is 0 Å². The summed E-state index contributed by atoms with van der Waals surface area (Å²) in [5.74, 6) is -1.95. The maximum atomic E-state index is 14.4. The standard InChI is InChI=1S/C25H22F4N6O3/c1-4-20-18(24(37)31-13(2)17-10-16(5-6-19(17)26)38-25(27,28)29)9-15(11-30-20)21-7-8-23-33-22(32-14(3)36)12-35(23)34-21/h5-13H,4H2,1-3H3,(H,31,37)(H,32,36)/t13-/m1/s1. The normalized spacial score (nSPS) is 12.3. The third kappa shape index (κ3) is 6.05. The molecular weight excluding hydrogens is 508 g/mol. The van der Waals surface area contributed by atoms with E-state index in [1.54, 1.807) is 31.3 Å². The van der Waals surface area contributed by atoms with Gasteiger partial charge in [0.2, 0.25) is 5.91 Å². The molecule has 0 aliphatic rings. The molecule has 0 saturated carbocycles. The molecule has 0 unspecified atom stereocenters. The molecule has 198 valence electrons. The molecular formula is C25H22F4N6O3. The molecule has 0 radical (unpaired) electrons. The fourth-order valence-electron chi connectivity index (χ4n) is 3.79. The van der Waals surface area contributed by atoms with E-state index in [-0.39, 0.29) is 17.0 Å². The summed E-state index contributed by atoms with van der Waals surface area (Å²) in [7, 11) is 0. The Hall–Kier alpha value is -4.55. The SMILES string of the molecule is CCc1ncc(-c2ccc3nc(NC(C)=O)cn3n2)cc1C(=O)N[C@H](C)c1cc(OC(F)(F)F)ccc1F. The van der Waals surface area contributed by atoms with Crippen LogP contribution in [0, 0.1) is 5.82 Å². The van der Waals surface area contributed by atoms with Crippen molar-refractivity contribution in [3.63, 3.8) is 0 Å². The quantitative estimate of drug-likeness (QED) is 0.331. The number of pyridine rings is 1. The van der Waals surface area contributed by atoms with Crippen molar-refractivity contribution in [3.05, 3.63) is 71.4 Å². The molecule has 4 rings (SSSR count). The first kappa shape index (κ1) is 26.5. The number of alkyl halides is 3. The highest BCUT2D eigenvalue weighted by atomic mass is 19.4. The third-order valence-electron chi connectivity index (χ3n) is 5.48. The van der Waals surface area contributed by atoms with Gasteiger partial charge in [-0.05, 0) is 49.7 Å². The molecule has 1 aromatic carbocycles. The van der Waals surface area contributed by atoms with Gasteiger partial charge in [-0.3, -0.25) is 14.6 Å². The molecule has 0 saturated heterocycles. The largest absolute Gasteiger partial charge is 0.573 e. The number of aryl methyl sites for hydroxylation is 1. The van der Waals surface area contributed by atoms with Crippen LogP contribution in [0.15, 0.2) is 48.8 Å².